The Balaban J connectivity index is 1.34. The van der Waals surface area contributed by atoms with Crippen molar-refractivity contribution in [3.8, 4) is 22.8 Å². The van der Waals surface area contributed by atoms with Gasteiger partial charge in [-0.3, -0.25) is 14.4 Å². The standard InChI is InChI=1S/C48H59N5O9S/c1-12-30-27-48(30,43(56)52-63(58,59)34-21-18-31(19-22-34)45(2,3)4)51-41(54)38-25-33(28-53(38)42(55)40(46(5,6)7)50-44(57)62-47(8,9)10)61-39-26-36(29-16-14-13-15-17-29)49-37-24-32(60-11)20-23-35(37)39/h12-24,26,30,33,38,40H,1,25,27-28H2,2-11H3,(H,50,57)(H,51,54)(H,52,56)/t30?,33-,38+,40-,48-/m1/s1. The van der Waals surface area contributed by atoms with Crippen molar-refractivity contribution in [1.82, 2.24) is 25.2 Å². The Morgan fingerprint density at radius 2 is 1.59 bits per heavy atom. The second kappa shape index (κ2) is 17.3. The summed E-state index contributed by atoms with van der Waals surface area (Å²) in [6.07, 6.45) is -0.0304. The van der Waals surface area contributed by atoms with Gasteiger partial charge in [0.05, 0.1) is 29.8 Å². The minimum Gasteiger partial charge on any atom is -0.497 e. The van der Waals surface area contributed by atoms with Gasteiger partial charge in [-0.2, -0.15) is 0 Å². The van der Waals surface area contributed by atoms with Crippen molar-refractivity contribution in [2.45, 2.75) is 115 Å². The highest BCUT2D eigenvalue weighted by Crippen LogP contribution is 2.45. The zero-order valence-corrected chi connectivity index (χ0v) is 38.5. The number of pyridine rings is 1. The number of nitrogens with one attached hydrogen (secondary N) is 3. The Morgan fingerprint density at radius 1 is 0.921 bits per heavy atom. The molecule has 2 heterocycles. The smallest absolute Gasteiger partial charge is 0.408 e. The van der Waals surface area contributed by atoms with Crippen LogP contribution in [0.15, 0.2) is 96.4 Å². The highest BCUT2D eigenvalue weighted by atomic mass is 32.2. The summed E-state index contributed by atoms with van der Waals surface area (Å²) < 4.78 is 47.1. The number of hydrogen-bond donors (Lipinski definition) is 3. The molecule has 3 aromatic carbocycles. The van der Waals surface area contributed by atoms with Crippen LogP contribution in [0.2, 0.25) is 0 Å². The fourth-order valence-electron chi connectivity index (χ4n) is 7.70. The minimum atomic E-state index is -4.35. The fraction of sp³-hybridized carbons (Fsp3) is 0.438. The third kappa shape index (κ3) is 10.5. The molecule has 1 saturated heterocycles. The molecule has 0 spiro atoms. The molecule has 0 radical (unpaired) electrons. The molecule has 3 N–H and O–H groups in total. The zero-order chi connectivity index (χ0) is 46.3. The first-order valence-corrected chi connectivity index (χ1v) is 22.5. The van der Waals surface area contributed by atoms with Crippen LogP contribution in [0.4, 0.5) is 4.79 Å². The first-order chi connectivity index (χ1) is 29.3. The van der Waals surface area contributed by atoms with Crippen LogP contribution in [0.1, 0.15) is 80.7 Å². The van der Waals surface area contributed by atoms with E-state index < -0.39 is 74.5 Å². The summed E-state index contributed by atoms with van der Waals surface area (Å²) in [5.74, 6) is -1.79. The monoisotopic (exact) mass is 881 g/mol. The number of benzene rings is 3. The topological polar surface area (TPSA) is 182 Å². The summed E-state index contributed by atoms with van der Waals surface area (Å²) in [4.78, 5) is 62.8. The van der Waals surface area contributed by atoms with Crippen LogP contribution in [0, 0.1) is 11.3 Å². The van der Waals surface area contributed by atoms with Crippen LogP contribution in [0.25, 0.3) is 22.2 Å². The van der Waals surface area contributed by atoms with Crippen molar-refractivity contribution in [1.29, 1.82) is 0 Å². The molecule has 0 bridgehead atoms. The van der Waals surface area contributed by atoms with Gasteiger partial charge in [-0.1, -0.05) is 90.1 Å². The Bertz CT molecular complexity index is 2510. The van der Waals surface area contributed by atoms with Crippen LogP contribution >= 0.6 is 0 Å². The molecule has 1 aliphatic carbocycles. The molecule has 1 unspecified atom stereocenters. The van der Waals surface area contributed by atoms with E-state index in [2.05, 4.69) is 21.9 Å². The third-order valence-electron chi connectivity index (χ3n) is 11.3. The summed E-state index contributed by atoms with van der Waals surface area (Å²) in [5, 5.41) is 6.23. The van der Waals surface area contributed by atoms with Crippen LogP contribution < -0.4 is 24.8 Å². The number of hydrogen-bond acceptors (Lipinski definition) is 10. The number of sulfonamides is 1. The van der Waals surface area contributed by atoms with E-state index >= 15 is 0 Å². The third-order valence-corrected chi connectivity index (χ3v) is 12.6. The van der Waals surface area contributed by atoms with Crippen molar-refractivity contribution >= 4 is 44.7 Å². The van der Waals surface area contributed by atoms with Gasteiger partial charge in [0.2, 0.25) is 11.8 Å². The highest BCUT2D eigenvalue weighted by Gasteiger charge is 2.61. The molecular weight excluding hydrogens is 823 g/mol. The van der Waals surface area contributed by atoms with E-state index in [1.54, 1.807) is 79.0 Å². The molecule has 1 saturated carbocycles. The van der Waals surface area contributed by atoms with Crippen molar-refractivity contribution in [2.24, 2.45) is 11.3 Å². The molecule has 4 aromatic rings. The van der Waals surface area contributed by atoms with Crippen molar-refractivity contribution in [3.05, 3.63) is 97.1 Å². The fourth-order valence-corrected chi connectivity index (χ4v) is 8.73. The number of rotatable bonds is 12. The number of nitrogens with zero attached hydrogens (tertiary/aromatic N) is 2. The van der Waals surface area contributed by atoms with Gasteiger partial charge in [-0.25, -0.2) is 22.9 Å². The molecule has 15 heteroatoms. The number of likely N-dealkylation sites (tertiary alicyclic amines) is 1. The number of amides is 4. The van der Waals surface area contributed by atoms with Gasteiger partial charge in [-0.15, -0.1) is 6.58 Å². The Labute approximate surface area is 370 Å². The average Bonchev–Trinajstić information content (AvgIpc) is 3.77. The van der Waals surface area contributed by atoms with Crippen molar-refractivity contribution in [3.63, 3.8) is 0 Å². The van der Waals surface area contributed by atoms with Crippen LogP contribution in [-0.2, 0) is 34.6 Å². The first kappa shape index (κ1) is 46.5. The molecule has 2 aliphatic rings. The van der Waals surface area contributed by atoms with Gasteiger partial charge < -0.3 is 29.7 Å². The van der Waals surface area contributed by atoms with E-state index in [1.165, 1.54) is 23.1 Å². The second-order valence-electron chi connectivity index (χ2n) is 19.4. The summed E-state index contributed by atoms with van der Waals surface area (Å²) >= 11 is 0. The highest BCUT2D eigenvalue weighted by molar-refractivity contribution is 7.90. The minimum absolute atomic E-state index is 0.0175. The van der Waals surface area contributed by atoms with E-state index in [0.29, 0.717) is 28.1 Å². The Morgan fingerprint density at radius 3 is 2.16 bits per heavy atom. The lowest BCUT2D eigenvalue weighted by Gasteiger charge is -2.36. The molecule has 14 nitrogen and oxygen atoms in total. The van der Waals surface area contributed by atoms with E-state index in [0.717, 1.165) is 11.1 Å². The van der Waals surface area contributed by atoms with E-state index in [4.69, 9.17) is 19.2 Å². The molecule has 5 atom stereocenters. The maximum absolute atomic E-state index is 14.8. The van der Waals surface area contributed by atoms with Gasteiger partial charge in [0.25, 0.3) is 15.9 Å². The number of ether oxygens (including phenoxy) is 3. The van der Waals surface area contributed by atoms with Crippen LogP contribution in [0.5, 0.6) is 11.5 Å². The molecule has 4 amide bonds. The molecule has 2 fully saturated rings. The van der Waals surface area contributed by atoms with Crippen LogP contribution in [-0.4, -0.2) is 85.1 Å². The van der Waals surface area contributed by atoms with Gasteiger partial charge in [0.1, 0.15) is 40.8 Å². The lowest BCUT2D eigenvalue weighted by Crippen LogP contribution is -2.60. The maximum Gasteiger partial charge on any atom is 0.408 e. The maximum atomic E-state index is 14.8. The largest absolute Gasteiger partial charge is 0.497 e. The first-order valence-electron chi connectivity index (χ1n) is 21.0. The SMILES string of the molecule is C=CC1C[C@]1(NC(=O)[C@@H]1C[C@@H](Oc2cc(-c3ccccc3)nc3cc(OC)ccc23)CN1C(=O)[C@@H](NC(=O)OC(C)(C)C)C(C)(C)C)C(=O)NS(=O)(=O)c1ccc(C(C)(C)C)cc1. The second-order valence-corrected chi connectivity index (χ2v) is 21.1. The number of methoxy groups -OCH3 is 1. The molecule has 336 valence electrons. The van der Waals surface area contributed by atoms with Crippen LogP contribution in [0.3, 0.4) is 0 Å². The molecular formula is C48H59N5O9S. The lowest BCUT2D eigenvalue weighted by atomic mass is 9.85. The molecule has 6 rings (SSSR count). The Kier molecular flexibility index (Phi) is 12.8. The van der Waals surface area contributed by atoms with Gasteiger partial charge in [0, 0.05) is 35.4 Å². The Hall–Kier alpha value is -5.96. The average molecular weight is 882 g/mol. The predicted octanol–water partition coefficient (Wildman–Crippen LogP) is 7.06. The number of aromatic nitrogens is 1. The predicted molar refractivity (Wildman–Crippen MR) is 241 cm³/mol. The summed E-state index contributed by atoms with van der Waals surface area (Å²) in [7, 11) is -2.79. The number of carbonyl (C=O) groups excluding carboxylic acids is 4. The van der Waals surface area contributed by atoms with E-state index in [-0.39, 0.29) is 29.7 Å². The quantitative estimate of drug-likeness (QED) is 0.125. The summed E-state index contributed by atoms with van der Waals surface area (Å²) in [6, 6.07) is 20.6. The van der Waals surface area contributed by atoms with E-state index in [9.17, 15) is 27.6 Å². The summed E-state index contributed by atoms with van der Waals surface area (Å²) in [5.41, 5.74) is -0.650. The lowest BCUT2D eigenvalue weighted by molar-refractivity contribution is -0.143. The molecule has 1 aliphatic heterocycles. The van der Waals surface area contributed by atoms with Gasteiger partial charge >= 0.3 is 6.09 Å². The summed E-state index contributed by atoms with van der Waals surface area (Å²) in [6.45, 7) is 20.2. The zero-order valence-electron chi connectivity index (χ0n) is 37.7. The molecule has 63 heavy (non-hydrogen) atoms. The van der Waals surface area contributed by atoms with Gasteiger partial charge in [-0.05, 0) is 67.9 Å². The number of fused-ring (bicyclic) bond motifs is 1. The molecule has 1 aromatic heterocycles. The van der Waals surface area contributed by atoms with Gasteiger partial charge in [0.15, 0.2) is 0 Å². The number of carbonyl (C=O) groups is 4. The van der Waals surface area contributed by atoms with Crippen molar-refractivity contribution < 1.29 is 41.8 Å². The number of alkyl carbamates (subject to hydrolysis) is 1. The normalized spacial score (nSPS) is 20.6. The van der Waals surface area contributed by atoms with E-state index in [1.807, 2.05) is 57.2 Å². The van der Waals surface area contributed by atoms with Crippen molar-refractivity contribution in [2.75, 3.05) is 13.7 Å².